The third kappa shape index (κ3) is 3.22. The molecule has 39 heavy (non-hydrogen) atoms. The quantitative estimate of drug-likeness (QED) is 0.198. The van der Waals surface area contributed by atoms with Crippen molar-refractivity contribution in [3.8, 4) is 0 Å². The first-order valence-corrected chi connectivity index (χ1v) is 13.5. The van der Waals surface area contributed by atoms with Gasteiger partial charge in [0.2, 0.25) is 0 Å². The molecule has 0 unspecified atom stereocenters. The lowest BCUT2D eigenvalue weighted by Crippen LogP contribution is -2.48. The molecule has 4 nitrogen and oxygen atoms in total. The predicted molar refractivity (Wildman–Crippen MR) is 153 cm³/mol. The second kappa shape index (κ2) is 8.77. The highest BCUT2D eigenvalue weighted by molar-refractivity contribution is 6.34. The average molecular weight is 550 g/mol. The molecule has 3 atom stereocenters. The minimum atomic E-state index is -1.58. The number of Topliss-reactive ketones (excluding diaryl/α,β-unsaturated/α-hetero) is 3. The number of carbonyl (C=O) groups is 3. The summed E-state index contributed by atoms with van der Waals surface area (Å²) in [6.45, 7) is 0. The van der Waals surface area contributed by atoms with Gasteiger partial charge in [0.15, 0.2) is 17.3 Å². The van der Waals surface area contributed by atoms with E-state index >= 15 is 0 Å². The highest BCUT2D eigenvalue weighted by Crippen LogP contribution is 2.61. The molecular weight excluding hydrogens is 529 g/mol. The average Bonchev–Trinajstić information content (AvgIpc) is 3.39. The van der Waals surface area contributed by atoms with Gasteiger partial charge in [-0.1, -0.05) is 96.0 Å². The zero-order chi connectivity index (χ0) is 26.9. The van der Waals surface area contributed by atoms with Crippen LogP contribution >= 0.6 is 23.2 Å². The first-order chi connectivity index (χ1) is 18.9. The molecule has 3 aliphatic rings. The van der Waals surface area contributed by atoms with E-state index < -0.39 is 23.4 Å². The Bertz CT molecular complexity index is 1690. The SMILES string of the molecule is O=C(c1ccc(Cl)cc1)[C@H]1[C@H](c2ccccc2Cl)C2(C(=O)c3ccccc3C2=O)[C@H]2C=Cc3ccccc3N12. The standard InChI is InChI=1S/C33H21Cl2NO3/c34-21-16-13-20(14-17-21)30(37)29-28(24-10-4-5-11-25(24)35)33(31(38)22-8-2-3-9-23(22)32(33)39)27-18-15-19-7-1-6-12-26(19)36(27)29/h1-18,27-29H/t27-,28+,29-/m1/s1. The first-order valence-electron chi connectivity index (χ1n) is 12.7. The van der Waals surface area contributed by atoms with Gasteiger partial charge in [0.25, 0.3) is 0 Å². The molecule has 0 aromatic heterocycles. The number of nitrogens with zero attached hydrogens (tertiary/aromatic N) is 1. The first kappa shape index (κ1) is 24.1. The molecule has 1 aliphatic carbocycles. The fourth-order valence-electron chi connectivity index (χ4n) is 6.77. The molecule has 0 radical (unpaired) electrons. The molecule has 0 bridgehead atoms. The lowest BCUT2D eigenvalue weighted by molar-refractivity contribution is 0.0666. The molecule has 7 rings (SSSR count). The van der Waals surface area contributed by atoms with E-state index in [1.807, 2.05) is 53.5 Å². The summed E-state index contributed by atoms with van der Waals surface area (Å²) in [5, 5.41) is 0.919. The zero-order valence-electron chi connectivity index (χ0n) is 20.6. The lowest BCUT2D eigenvalue weighted by Gasteiger charge is -2.37. The largest absolute Gasteiger partial charge is 0.352 e. The van der Waals surface area contributed by atoms with Gasteiger partial charge in [0.05, 0.1) is 6.04 Å². The fraction of sp³-hybridized carbons (Fsp3) is 0.121. The summed E-state index contributed by atoms with van der Waals surface area (Å²) in [5.41, 5.74) is 1.93. The fourth-order valence-corrected chi connectivity index (χ4v) is 7.15. The van der Waals surface area contributed by atoms with E-state index in [9.17, 15) is 14.4 Å². The number of para-hydroxylation sites is 1. The Kier molecular flexibility index (Phi) is 5.41. The molecule has 190 valence electrons. The predicted octanol–water partition coefficient (Wildman–Crippen LogP) is 7.31. The van der Waals surface area contributed by atoms with E-state index in [2.05, 4.69) is 0 Å². The molecule has 0 saturated carbocycles. The summed E-state index contributed by atoms with van der Waals surface area (Å²) < 4.78 is 0. The summed E-state index contributed by atoms with van der Waals surface area (Å²) >= 11 is 13.0. The Balaban J connectivity index is 1.56. The van der Waals surface area contributed by atoms with Crippen LogP contribution in [0.25, 0.3) is 6.08 Å². The molecule has 0 amide bonds. The van der Waals surface area contributed by atoms with Crippen LogP contribution in [-0.2, 0) is 0 Å². The number of hydrogen-bond acceptors (Lipinski definition) is 4. The van der Waals surface area contributed by atoms with Gasteiger partial charge in [0, 0.05) is 38.3 Å². The van der Waals surface area contributed by atoms with Crippen molar-refractivity contribution in [3.63, 3.8) is 0 Å². The summed E-state index contributed by atoms with van der Waals surface area (Å²) in [4.78, 5) is 45.7. The molecule has 0 N–H and O–H groups in total. The summed E-state index contributed by atoms with van der Waals surface area (Å²) in [6.07, 6.45) is 3.85. The second-order valence-corrected chi connectivity index (χ2v) is 11.0. The van der Waals surface area contributed by atoms with Crippen LogP contribution in [0, 0.1) is 5.41 Å². The van der Waals surface area contributed by atoms with Gasteiger partial charge >= 0.3 is 0 Å². The Labute approximate surface area is 235 Å². The number of fused-ring (bicyclic) bond motifs is 5. The van der Waals surface area contributed by atoms with Gasteiger partial charge in [-0.05, 0) is 47.5 Å². The maximum Gasteiger partial charge on any atom is 0.185 e. The minimum Gasteiger partial charge on any atom is -0.352 e. The molecule has 4 aromatic rings. The van der Waals surface area contributed by atoms with E-state index in [-0.39, 0.29) is 17.3 Å². The van der Waals surface area contributed by atoms with Crippen molar-refractivity contribution in [2.24, 2.45) is 5.41 Å². The monoisotopic (exact) mass is 549 g/mol. The van der Waals surface area contributed by atoms with E-state index in [0.29, 0.717) is 32.3 Å². The van der Waals surface area contributed by atoms with Crippen LogP contribution < -0.4 is 4.90 Å². The number of carbonyl (C=O) groups excluding carboxylic acids is 3. The van der Waals surface area contributed by atoms with Crippen LogP contribution in [0.3, 0.4) is 0 Å². The number of hydrogen-bond donors (Lipinski definition) is 0. The number of rotatable bonds is 3. The van der Waals surface area contributed by atoms with Crippen LogP contribution in [0.15, 0.2) is 103 Å². The zero-order valence-corrected chi connectivity index (χ0v) is 22.1. The van der Waals surface area contributed by atoms with E-state index in [0.717, 1.165) is 11.3 Å². The highest BCUT2D eigenvalue weighted by atomic mass is 35.5. The van der Waals surface area contributed by atoms with Gasteiger partial charge < -0.3 is 4.90 Å². The minimum absolute atomic E-state index is 0.208. The van der Waals surface area contributed by atoms with Gasteiger partial charge in [-0.15, -0.1) is 0 Å². The normalized spacial score (nSPS) is 22.1. The third-order valence-electron chi connectivity index (χ3n) is 8.35. The summed E-state index contributed by atoms with van der Waals surface area (Å²) in [7, 11) is 0. The van der Waals surface area contributed by atoms with Crippen molar-refractivity contribution in [2.75, 3.05) is 4.90 Å². The van der Waals surface area contributed by atoms with Crippen molar-refractivity contribution in [3.05, 3.63) is 141 Å². The van der Waals surface area contributed by atoms with E-state index in [4.69, 9.17) is 23.2 Å². The lowest BCUT2D eigenvalue weighted by atomic mass is 9.64. The van der Waals surface area contributed by atoms with E-state index in [1.165, 1.54) is 0 Å². The van der Waals surface area contributed by atoms with Gasteiger partial charge in [0.1, 0.15) is 11.5 Å². The van der Waals surface area contributed by atoms with Gasteiger partial charge in [-0.25, -0.2) is 0 Å². The van der Waals surface area contributed by atoms with Crippen molar-refractivity contribution >= 4 is 52.3 Å². The molecule has 2 aliphatic heterocycles. The molecule has 4 aromatic carbocycles. The number of halogens is 2. The maximum atomic E-state index is 14.6. The van der Waals surface area contributed by atoms with Gasteiger partial charge in [-0.2, -0.15) is 0 Å². The third-order valence-corrected chi connectivity index (χ3v) is 8.95. The maximum absolute atomic E-state index is 14.6. The molecule has 6 heteroatoms. The van der Waals surface area contributed by atoms with Crippen LogP contribution in [0.5, 0.6) is 0 Å². The van der Waals surface area contributed by atoms with Crippen LogP contribution in [0.4, 0.5) is 5.69 Å². The second-order valence-electron chi connectivity index (χ2n) is 10.2. The van der Waals surface area contributed by atoms with E-state index in [1.54, 1.807) is 60.7 Å². The van der Waals surface area contributed by atoms with Crippen LogP contribution in [0.2, 0.25) is 10.0 Å². The van der Waals surface area contributed by atoms with Crippen molar-refractivity contribution in [1.29, 1.82) is 0 Å². The highest BCUT2D eigenvalue weighted by Gasteiger charge is 2.71. The number of anilines is 1. The van der Waals surface area contributed by atoms with Crippen LogP contribution in [0.1, 0.15) is 48.1 Å². The number of ketones is 3. The van der Waals surface area contributed by atoms with Crippen molar-refractivity contribution < 1.29 is 14.4 Å². The molecule has 2 heterocycles. The Morgan fingerprint density at radius 2 is 1.36 bits per heavy atom. The van der Waals surface area contributed by atoms with Crippen molar-refractivity contribution in [1.82, 2.24) is 0 Å². The van der Waals surface area contributed by atoms with Crippen LogP contribution in [-0.4, -0.2) is 29.4 Å². The van der Waals surface area contributed by atoms with Crippen molar-refractivity contribution in [2.45, 2.75) is 18.0 Å². The van der Waals surface area contributed by atoms with Gasteiger partial charge in [-0.3, -0.25) is 14.4 Å². The summed E-state index contributed by atoms with van der Waals surface area (Å²) in [6, 6.07) is 27.0. The molecule has 1 spiro atoms. The molecular formula is C33H21Cl2NO3. The smallest absolute Gasteiger partial charge is 0.185 e. The topological polar surface area (TPSA) is 54.5 Å². The number of benzene rings is 4. The molecule has 1 saturated heterocycles. The Morgan fingerprint density at radius 1 is 0.744 bits per heavy atom. The molecule has 1 fully saturated rings. The Hall–Kier alpha value is -3.99. The Morgan fingerprint density at radius 3 is 2.05 bits per heavy atom. The summed E-state index contributed by atoms with van der Waals surface area (Å²) in [5.74, 6) is -1.61.